The Bertz CT molecular complexity index is 1440. The van der Waals surface area contributed by atoms with Crippen molar-refractivity contribution in [3.63, 3.8) is 0 Å². The minimum atomic E-state index is -1.27. The summed E-state index contributed by atoms with van der Waals surface area (Å²) in [5, 5.41) is 43.9. The molecule has 0 bridgehead atoms. The zero-order valence-electron chi connectivity index (χ0n) is 17.8. The molecule has 0 radical (unpaired) electrons. The summed E-state index contributed by atoms with van der Waals surface area (Å²) in [6.07, 6.45) is 0. The van der Waals surface area contributed by atoms with E-state index in [1.165, 1.54) is 0 Å². The molecule has 16 nitrogen and oxygen atoms in total. The molecule has 0 aromatic heterocycles. The average Bonchev–Trinajstić information content (AvgIpc) is 2.85. The van der Waals surface area contributed by atoms with E-state index in [4.69, 9.17) is 21.1 Å². The van der Waals surface area contributed by atoms with Gasteiger partial charge in [-0.3, -0.25) is 40.5 Å². The highest BCUT2D eigenvalue weighted by molar-refractivity contribution is 6.32. The maximum atomic E-state index is 12.5. The van der Waals surface area contributed by atoms with Crippen LogP contribution in [0.2, 0.25) is 5.02 Å². The smallest absolute Gasteiger partial charge is 0.344 e. The second kappa shape index (κ2) is 10.4. The number of benzene rings is 3. The van der Waals surface area contributed by atoms with Crippen molar-refractivity contribution in [1.82, 2.24) is 0 Å². The molecular weight excluding hydrogens is 524 g/mol. The number of nitro groups is 4. The van der Waals surface area contributed by atoms with E-state index in [9.17, 15) is 50.0 Å². The monoisotopic (exact) mass is 532 g/mol. The van der Waals surface area contributed by atoms with Gasteiger partial charge in [0.05, 0.1) is 48.0 Å². The number of esters is 2. The van der Waals surface area contributed by atoms with E-state index in [2.05, 4.69) is 0 Å². The zero-order valence-corrected chi connectivity index (χ0v) is 18.5. The van der Waals surface area contributed by atoms with Crippen molar-refractivity contribution in [2.24, 2.45) is 0 Å². The molecule has 3 rings (SSSR count). The second-order valence-corrected chi connectivity index (χ2v) is 7.28. The number of hydrogen-bond acceptors (Lipinski definition) is 12. The Morgan fingerprint density at radius 2 is 0.973 bits per heavy atom. The molecule has 0 saturated carbocycles. The third-order valence-corrected chi connectivity index (χ3v) is 4.75. The van der Waals surface area contributed by atoms with Gasteiger partial charge in [-0.05, 0) is 12.1 Å². The second-order valence-electron chi connectivity index (χ2n) is 6.88. The zero-order chi connectivity index (χ0) is 27.4. The molecule has 0 atom stereocenters. The standard InChI is InChI=1S/C20H9ClN4O12/c21-17-2-1-16(36-19(26)10-3-12(22(28)29)7-13(4-10)23(30)31)9-18(17)37-20(27)11-5-14(24(32)33)8-15(6-11)25(34)35/h1-9H. The van der Waals surface area contributed by atoms with Gasteiger partial charge in [0.25, 0.3) is 22.7 Å². The molecule has 0 spiro atoms. The van der Waals surface area contributed by atoms with Gasteiger partial charge in [-0.25, -0.2) is 9.59 Å². The maximum Gasteiger partial charge on any atom is 0.344 e. The van der Waals surface area contributed by atoms with E-state index in [0.29, 0.717) is 12.1 Å². The number of nitrogens with zero attached hydrogens (tertiary/aromatic N) is 4. The van der Waals surface area contributed by atoms with Gasteiger partial charge in [0.2, 0.25) is 0 Å². The van der Waals surface area contributed by atoms with E-state index in [0.717, 1.165) is 42.5 Å². The van der Waals surface area contributed by atoms with Gasteiger partial charge in [0.15, 0.2) is 5.75 Å². The molecule has 188 valence electrons. The number of nitro benzene ring substituents is 4. The first-order valence-electron chi connectivity index (χ1n) is 9.47. The van der Waals surface area contributed by atoms with Crippen molar-refractivity contribution in [2.45, 2.75) is 0 Å². The van der Waals surface area contributed by atoms with Crippen LogP contribution in [0.15, 0.2) is 54.6 Å². The SMILES string of the molecule is O=C(Oc1ccc(Cl)c(OC(=O)c2cc([N+](=O)[O-])cc([N+](=O)[O-])c2)c1)c1cc([N+](=O)[O-])cc([N+](=O)[O-])c1. The molecular formula is C20H9ClN4O12. The number of carbonyl (C=O) groups is 2. The van der Waals surface area contributed by atoms with Crippen molar-refractivity contribution in [3.05, 3.63) is 111 Å². The Morgan fingerprint density at radius 3 is 1.35 bits per heavy atom. The quantitative estimate of drug-likeness (QED) is 0.170. The lowest BCUT2D eigenvalue weighted by molar-refractivity contribution is -0.394. The molecule has 0 N–H and O–H groups in total. The Morgan fingerprint density at radius 1 is 0.595 bits per heavy atom. The average molecular weight is 533 g/mol. The van der Waals surface area contributed by atoms with Gasteiger partial charge in [-0.1, -0.05) is 11.6 Å². The summed E-state index contributed by atoms with van der Waals surface area (Å²) in [5.74, 6) is -3.24. The van der Waals surface area contributed by atoms with E-state index in [1.807, 2.05) is 0 Å². The van der Waals surface area contributed by atoms with Crippen molar-refractivity contribution in [3.8, 4) is 11.5 Å². The number of non-ortho nitro benzene ring substituents is 4. The molecule has 0 fully saturated rings. The first-order chi connectivity index (χ1) is 17.3. The van der Waals surface area contributed by atoms with Gasteiger partial charge in [0, 0.05) is 30.3 Å². The van der Waals surface area contributed by atoms with Gasteiger partial charge >= 0.3 is 11.9 Å². The number of ether oxygens (including phenoxy) is 2. The molecule has 3 aromatic rings. The predicted octanol–water partition coefficient (Wildman–Crippen LogP) is 4.41. The number of hydrogen-bond donors (Lipinski definition) is 0. The van der Waals surface area contributed by atoms with Crippen molar-refractivity contribution >= 4 is 46.3 Å². The Labute approximate surface area is 208 Å². The third kappa shape index (κ3) is 6.14. The van der Waals surface area contributed by atoms with Crippen molar-refractivity contribution in [1.29, 1.82) is 0 Å². The number of halogens is 1. The van der Waals surface area contributed by atoms with Gasteiger partial charge < -0.3 is 9.47 Å². The Balaban J connectivity index is 1.89. The molecule has 17 heteroatoms. The largest absolute Gasteiger partial charge is 0.423 e. The first-order valence-corrected chi connectivity index (χ1v) is 9.85. The van der Waals surface area contributed by atoms with Crippen LogP contribution >= 0.6 is 11.6 Å². The van der Waals surface area contributed by atoms with Crippen LogP contribution in [0.5, 0.6) is 11.5 Å². The van der Waals surface area contributed by atoms with Crippen LogP contribution in [0.25, 0.3) is 0 Å². The molecule has 0 amide bonds. The Hall–Kier alpha value is -5.51. The fourth-order valence-electron chi connectivity index (χ4n) is 2.80. The summed E-state index contributed by atoms with van der Waals surface area (Å²) in [6.45, 7) is 0. The van der Waals surface area contributed by atoms with Crippen molar-refractivity contribution in [2.75, 3.05) is 0 Å². The summed E-state index contributed by atoms with van der Waals surface area (Å²) >= 11 is 5.97. The molecule has 0 aliphatic rings. The lowest BCUT2D eigenvalue weighted by atomic mass is 10.1. The predicted molar refractivity (Wildman–Crippen MR) is 121 cm³/mol. The summed E-state index contributed by atoms with van der Waals surface area (Å²) in [4.78, 5) is 65.3. The summed E-state index contributed by atoms with van der Waals surface area (Å²) in [7, 11) is 0. The molecule has 0 heterocycles. The molecule has 37 heavy (non-hydrogen) atoms. The van der Waals surface area contributed by atoms with Crippen LogP contribution in [0, 0.1) is 40.5 Å². The van der Waals surface area contributed by atoms with Crippen LogP contribution in [-0.2, 0) is 0 Å². The summed E-state index contributed by atoms with van der Waals surface area (Å²) in [5.41, 5.74) is -4.06. The molecule has 0 saturated heterocycles. The Kier molecular flexibility index (Phi) is 7.34. The summed E-state index contributed by atoms with van der Waals surface area (Å²) < 4.78 is 10.1. The fraction of sp³-hybridized carbons (Fsp3) is 0. The molecule has 0 aliphatic carbocycles. The third-order valence-electron chi connectivity index (χ3n) is 4.44. The lowest BCUT2D eigenvalue weighted by Crippen LogP contribution is -2.11. The van der Waals surface area contributed by atoms with Crippen LogP contribution < -0.4 is 9.47 Å². The first kappa shape index (κ1) is 26.1. The van der Waals surface area contributed by atoms with E-state index >= 15 is 0 Å². The highest BCUT2D eigenvalue weighted by atomic mass is 35.5. The van der Waals surface area contributed by atoms with Gasteiger partial charge in [-0.2, -0.15) is 0 Å². The van der Waals surface area contributed by atoms with E-state index in [1.54, 1.807) is 0 Å². The van der Waals surface area contributed by atoms with Crippen molar-refractivity contribution < 1.29 is 38.8 Å². The van der Waals surface area contributed by atoms with Crippen LogP contribution in [0.1, 0.15) is 20.7 Å². The highest BCUT2D eigenvalue weighted by Gasteiger charge is 2.23. The fourth-order valence-corrected chi connectivity index (χ4v) is 2.95. The molecule has 3 aromatic carbocycles. The molecule has 0 unspecified atom stereocenters. The molecule has 0 aliphatic heterocycles. The summed E-state index contributed by atoms with van der Waals surface area (Å²) in [6, 6.07) is 7.47. The highest BCUT2D eigenvalue weighted by Crippen LogP contribution is 2.32. The maximum absolute atomic E-state index is 12.5. The van der Waals surface area contributed by atoms with Gasteiger partial charge in [0.1, 0.15) is 5.75 Å². The van der Waals surface area contributed by atoms with Crippen LogP contribution in [0.4, 0.5) is 22.7 Å². The number of rotatable bonds is 8. The van der Waals surface area contributed by atoms with E-state index in [-0.39, 0.29) is 10.8 Å². The number of carbonyl (C=O) groups excluding carboxylic acids is 2. The van der Waals surface area contributed by atoms with E-state index < -0.39 is 71.3 Å². The van der Waals surface area contributed by atoms with Gasteiger partial charge in [-0.15, -0.1) is 0 Å². The minimum Gasteiger partial charge on any atom is -0.423 e. The normalized spacial score (nSPS) is 10.3. The lowest BCUT2D eigenvalue weighted by Gasteiger charge is -2.09. The minimum absolute atomic E-state index is 0.195. The topological polar surface area (TPSA) is 225 Å². The van der Waals surface area contributed by atoms with Crippen LogP contribution in [0.3, 0.4) is 0 Å². The van der Waals surface area contributed by atoms with Crippen LogP contribution in [-0.4, -0.2) is 31.6 Å².